The van der Waals surface area contributed by atoms with Gasteiger partial charge in [0.25, 0.3) is 0 Å². The second kappa shape index (κ2) is 5.77. The number of aromatic nitrogens is 1. The third-order valence-corrected chi connectivity index (χ3v) is 5.07. The van der Waals surface area contributed by atoms with Gasteiger partial charge in [0.1, 0.15) is 0 Å². The summed E-state index contributed by atoms with van der Waals surface area (Å²) in [7, 11) is 2.08. The van der Waals surface area contributed by atoms with Crippen LogP contribution < -0.4 is 4.90 Å². The van der Waals surface area contributed by atoms with E-state index >= 15 is 0 Å². The molecule has 4 nitrogen and oxygen atoms in total. The van der Waals surface area contributed by atoms with E-state index in [4.69, 9.17) is 9.72 Å². The molecule has 2 aliphatic rings. The van der Waals surface area contributed by atoms with Gasteiger partial charge < -0.3 is 14.7 Å². The molecule has 5 heteroatoms. The highest BCUT2D eigenvalue weighted by atomic mass is 32.1. The lowest BCUT2D eigenvalue weighted by Crippen LogP contribution is -2.33. The molecule has 0 bridgehead atoms. The van der Waals surface area contributed by atoms with Gasteiger partial charge in [0, 0.05) is 26.1 Å². The molecule has 0 spiro atoms. The molecule has 3 rings (SSSR count). The first kappa shape index (κ1) is 13.3. The zero-order valence-corrected chi connectivity index (χ0v) is 12.3. The van der Waals surface area contributed by atoms with E-state index < -0.39 is 0 Å². The van der Waals surface area contributed by atoms with Gasteiger partial charge in [-0.05, 0) is 32.1 Å². The van der Waals surface area contributed by atoms with E-state index in [1.54, 1.807) is 11.3 Å². The van der Waals surface area contributed by atoms with E-state index in [0.29, 0.717) is 12.0 Å². The molecule has 0 radical (unpaired) electrons. The average molecular weight is 282 g/mol. The quantitative estimate of drug-likeness (QED) is 0.901. The Hall–Kier alpha value is -0.650. The fourth-order valence-electron chi connectivity index (χ4n) is 2.64. The molecule has 2 heterocycles. The monoisotopic (exact) mass is 282 g/mol. The number of aliphatic hydroxyl groups excluding tert-OH is 1. The van der Waals surface area contributed by atoms with Crippen molar-refractivity contribution in [1.29, 1.82) is 0 Å². The van der Waals surface area contributed by atoms with Crippen molar-refractivity contribution in [3.63, 3.8) is 0 Å². The molecule has 0 aromatic carbocycles. The Morgan fingerprint density at radius 3 is 2.84 bits per heavy atom. The molecule has 1 saturated carbocycles. The van der Waals surface area contributed by atoms with Crippen LogP contribution in [0.4, 0.5) is 5.13 Å². The Bertz CT molecular complexity index is 425. The minimum atomic E-state index is 0.122. The van der Waals surface area contributed by atoms with Crippen molar-refractivity contribution < 1.29 is 9.84 Å². The Morgan fingerprint density at radius 1 is 1.37 bits per heavy atom. The summed E-state index contributed by atoms with van der Waals surface area (Å²) in [5, 5.41) is 10.5. The Labute approximate surface area is 118 Å². The fourth-order valence-corrected chi connectivity index (χ4v) is 3.61. The van der Waals surface area contributed by atoms with Gasteiger partial charge in [-0.3, -0.25) is 0 Å². The van der Waals surface area contributed by atoms with E-state index in [2.05, 4.69) is 11.9 Å². The molecule has 106 valence electrons. The van der Waals surface area contributed by atoms with Gasteiger partial charge in [-0.15, -0.1) is 0 Å². The molecule has 1 N–H and O–H groups in total. The van der Waals surface area contributed by atoms with Crippen molar-refractivity contribution in [3.05, 3.63) is 10.6 Å². The predicted octanol–water partition coefficient (Wildman–Crippen LogP) is 2.52. The summed E-state index contributed by atoms with van der Waals surface area (Å²) in [6, 6.07) is 0. The summed E-state index contributed by atoms with van der Waals surface area (Å²) in [6.07, 6.45) is 6.41. The molecule has 1 aromatic heterocycles. The molecule has 1 aliphatic heterocycles. The number of aliphatic hydroxyl groups is 1. The van der Waals surface area contributed by atoms with Crippen molar-refractivity contribution in [2.24, 2.45) is 0 Å². The number of anilines is 1. The van der Waals surface area contributed by atoms with Crippen molar-refractivity contribution in [3.8, 4) is 0 Å². The molecule has 1 aliphatic carbocycles. The Kier molecular flexibility index (Phi) is 4.05. The largest absolute Gasteiger partial charge is 0.391 e. The first-order chi connectivity index (χ1) is 9.28. The lowest BCUT2D eigenvalue weighted by Gasteiger charge is -2.27. The zero-order valence-electron chi connectivity index (χ0n) is 11.5. The maximum absolute atomic E-state index is 9.44. The maximum Gasteiger partial charge on any atom is 0.185 e. The number of nitrogens with zero attached hydrogens (tertiary/aromatic N) is 2. The van der Waals surface area contributed by atoms with Crippen molar-refractivity contribution in [1.82, 2.24) is 4.98 Å². The van der Waals surface area contributed by atoms with Gasteiger partial charge in [0.2, 0.25) is 0 Å². The smallest absolute Gasteiger partial charge is 0.185 e. The fraction of sp³-hybridized carbons (Fsp3) is 0.786. The van der Waals surface area contributed by atoms with E-state index in [1.807, 2.05) is 0 Å². The number of hydrogen-bond donors (Lipinski definition) is 1. The lowest BCUT2D eigenvalue weighted by molar-refractivity contribution is 0.0216. The summed E-state index contributed by atoms with van der Waals surface area (Å²) in [6.45, 7) is 1.92. The van der Waals surface area contributed by atoms with Crippen LogP contribution in [0.1, 0.15) is 48.6 Å². The van der Waals surface area contributed by atoms with Crippen LogP contribution in [0.2, 0.25) is 0 Å². The molecule has 1 aromatic rings. The number of thiazole rings is 1. The van der Waals surface area contributed by atoms with E-state index in [1.165, 1.54) is 25.7 Å². The topological polar surface area (TPSA) is 45.6 Å². The van der Waals surface area contributed by atoms with E-state index in [0.717, 1.165) is 35.3 Å². The number of ether oxygens (including phenoxy) is 1. The number of likely N-dealkylation sites (N-methyl/N-ethyl adjacent to an activating group) is 1. The van der Waals surface area contributed by atoms with Crippen LogP contribution >= 0.6 is 11.3 Å². The zero-order chi connectivity index (χ0) is 13.2. The van der Waals surface area contributed by atoms with Crippen LogP contribution in [0.15, 0.2) is 0 Å². The Balaban J connectivity index is 1.66. The van der Waals surface area contributed by atoms with Crippen molar-refractivity contribution in [2.45, 2.75) is 50.7 Å². The van der Waals surface area contributed by atoms with Crippen molar-refractivity contribution in [2.75, 3.05) is 25.1 Å². The Morgan fingerprint density at radius 2 is 2.21 bits per heavy atom. The SMILES string of the molecule is CN(CC1CCCCO1)c1nc(C2CC2)c(CO)s1. The third-order valence-electron chi connectivity index (χ3n) is 3.90. The maximum atomic E-state index is 9.44. The minimum Gasteiger partial charge on any atom is -0.391 e. The van der Waals surface area contributed by atoms with Crippen LogP contribution in [0, 0.1) is 0 Å². The summed E-state index contributed by atoms with van der Waals surface area (Å²) >= 11 is 1.63. The summed E-state index contributed by atoms with van der Waals surface area (Å²) in [5.74, 6) is 0.603. The third kappa shape index (κ3) is 3.09. The van der Waals surface area contributed by atoms with E-state index in [-0.39, 0.29) is 6.61 Å². The van der Waals surface area contributed by atoms with Crippen LogP contribution in [0.25, 0.3) is 0 Å². The van der Waals surface area contributed by atoms with Gasteiger partial charge >= 0.3 is 0 Å². The average Bonchev–Trinajstić information content (AvgIpc) is 3.19. The molecule has 1 unspecified atom stereocenters. The number of hydrogen-bond acceptors (Lipinski definition) is 5. The predicted molar refractivity (Wildman–Crippen MR) is 76.9 cm³/mol. The van der Waals surface area contributed by atoms with Gasteiger partial charge in [-0.2, -0.15) is 0 Å². The van der Waals surface area contributed by atoms with E-state index in [9.17, 15) is 5.11 Å². The molecular weight excluding hydrogens is 260 g/mol. The second-order valence-electron chi connectivity index (χ2n) is 5.61. The normalized spacial score (nSPS) is 23.6. The number of rotatable bonds is 5. The highest BCUT2D eigenvalue weighted by Gasteiger charge is 2.30. The summed E-state index contributed by atoms with van der Waals surface area (Å²) in [5.41, 5.74) is 1.14. The highest BCUT2D eigenvalue weighted by molar-refractivity contribution is 7.15. The first-order valence-corrected chi connectivity index (χ1v) is 8.02. The molecule has 1 saturated heterocycles. The molecule has 1 atom stereocenters. The van der Waals surface area contributed by atoms with Crippen LogP contribution in [-0.4, -0.2) is 36.4 Å². The van der Waals surface area contributed by atoms with Gasteiger partial charge in [0.15, 0.2) is 5.13 Å². The van der Waals surface area contributed by atoms with Gasteiger partial charge in [-0.1, -0.05) is 11.3 Å². The van der Waals surface area contributed by atoms with Crippen LogP contribution in [0.3, 0.4) is 0 Å². The molecular formula is C14H22N2O2S. The highest BCUT2D eigenvalue weighted by Crippen LogP contribution is 2.44. The minimum absolute atomic E-state index is 0.122. The molecule has 2 fully saturated rings. The summed E-state index contributed by atoms with van der Waals surface area (Å²) in [4.78, 5) is 7.97. The molecule has 19 heavy (non-hydrogen) atoms. The van der Waals surface area contributed by atoms with Gasteiger partial charge in [0.05, 0.1) is 23.3 Å². The summed E-state index contributed by atoms with van der Waals surface area (Å²) < 4.78 is 5.78. The van der Waals surface area contributed by atoms with Crippen LogP contribution in [-0.2, 0) is 11.3 Å². The van der Waals surface area contributed by atoms with Gasteiger partial charge in [-0.25, -0.2) is 4.98 Å². The van der Waals surface area contributed by atoms with Crippen LogP contribution in [0.5, 0.6) is 0 Å². The lowest BCUT2D eigenvalue weighted by atomic mass is 10.1. The second-order valence-corrected chi connectivity index (χ2v) is 6.67. The van der Waals surface area contributed by atoms with Crippen molar-refractivity contribution >= 4 is 16.5 Å². The molecule has 0 amide bonds. The first-order valence-electron chi connectivity index (χ1n) is 7.21. The standard InChI is InChI=1S/C14H22N2O2S/c1-16(8-11-4-2-3-7-18-11)14-15-13(10-5-6-10)12(9-17)19-14/h10-11,17H,2-9H2,1H3.